The van der Waals surface area contributed by atoms with Crippen LogP contribution in [0.3, 0.4) is 0 Å². The summed E-state index contributed by atoms with van der Waals surface area (Å²) < 4.78 is 6.46. The van der Waals surface area contributed by atoms with Crippen molar-refractivity contribution in [3.63, 3.8) is 0 Å². The van der Waals surface area contributed by atoms with E-state index < -0.39 is 7.28 Å². The Balaban J connectivity index is 2.33. The van der Waals surface area contributed by atoms with Crippen molar-refractivity contribution >= 4 is 17.9 Å². The van der Waals surface area contributed by atoms with Crippen LogP contribution in [0.5, 0.6) is 5.75 Å². The van der Waals surface area contributed by atoms with E-state index in [9.17, 15) is 9.79 Å². The summed E-state index contributed by atoms with van der Waals surface area (Å²) in [5.74, 6) is 0.431. The average Bonchev–Trinajstić information content (AvgIpc) is 2.77. The molecule has 0 radical (unpaired) electrons. The van der Waals surface area contributed by atoms with Crippen molar-refractivity contribution < 1.29 is 14.3 Å². The van der Waals surface area contributed by atoms with E-state index in [2.05, 4.69) is 89.2 Å². The molecule has 4 heteroatoms. The molecule has 0 saturated heterocycles. The molecule has 3 aromatic carbocycles. The van der Waals surface area contributed by atoms with Crippen molar-refractivity contribution in [3.05, 3.63) is 89.0 Å². The van der Waals surface area contributed by atoms with Crippen LogP contribution in [0.15, 0.2) is 66.7 Å². The number of rotatable bonds is 4. The van der Waals surface area contributed by atoms with Gasteiger partial charge in [0, 0.05) is 0 Å². The Kier molecular flexibility index (Phi) is 7.57. The summed E-state index contributed by atoms with van der Waals surface area (Å²) in [6.45, 7) is 25.8. The Labute approximate surface area is 231 Å². The van der Waals surface area contributed by atoms with Gasteiger partial charge in [-0.2, -0.15) is 0 Å². The molecule has 0 unspecified atom stereocenters. The molecular weight excluding hydrogens is 487 g/mol. The second-order valence-corrected chi connectivity index (χ2v) is 17.9. The van der Waals surface area contributed by atoms with E-state index in [1.54, 1.807) is 0 Å². The van der Waals surface area contributed by atoms with Crippen molar-refractivity contribution in [1.29, 1.82) is 0 Å². The fraction of sp³-hybridized carbons (Fsp3) is 0.471. The molecular formula is C34H49O3P. The molecule has 0 aliphatic heterocycles. The zero-order valence-corrected chi connectivity index (χ0v) is 26.5. The fourth-order valence-electron chi connectivity index (χ4n) is 4.64. The molecule has 3 aromatic rings. The van der Waals surface area contributed by atoms with E-state index in [4.69, 9.17) is 4.52 Å². The van der Waals surface area contributed by atoms with Crippen LogP contribution in [0.25, 0.3) is 0 Å². The van der Waals surface area contributed by atoms with Gasteiger partial charge in [-0.1, -0.05) is 0 Å². The molecule has 0 aromatic heterocycles. The van der Waals surface area contributed by atoms with Gasteiger partial charge in [-0.3, -0.25) is 0 Å². The molecule has 0 bridgehead atoms. The first-order valence-electron chi connectivity index (χ1n) is 13.6. The summed E-state index contributed by atoms with van der Waals surface area (Å²) in [4.78, 5) is 25.4. The average molecular weight is 537 g/mol. The van der Waals surface area contributed by atoms with Gasteiger partial charge in [0.2, 0.25) is 0 Å². The van der Waals surface area contributed by atoms with Crippen molar-refractivity contribution in [2.45, 2.75) is 105 Å². The van der Waals surface area contributed by atoms with E-state index in [-0.39, 0.29) is 21.7 Å². The quantitative estimate of drug-likeness (QED) is 0.331. The van der Waals surface area contributed by atoms with E-state index in [0.29, 0.717) is 16.4 Å². The molecule has 0 heterocycles. The first kappa shape index (κ1) is 30.4. The normalized spacial score (nSPS) is 14.6. The van der Waals surface area contributed by atoms with Gasteiger partial charge in [-0.05, 0) is 0 Å². The minimum absolute atomic E-state index is 0.0204. The Hall–Kier alpha value is -2.19. The SMILES string of the molecule is CC(C)(C)c1ccc(OP(O)(O)(c2ccc(C(C)(C)C)cc2)c2ccc(C(C)(C)C)cc2C(C)(C)C)cc1. The molecule has 0 atom stereocenters. The second-order valence-electron chi connectivity index (χ2n) is 14.8. The minimum atomic E-state index is -5.14. The Morgan fingerprint density at radius 2 is 0.895 bits per heavy atom. The van der Waals surface area contributed by atoms with E-state index >= 15 is 0 Å². The topological polar surface area (TPSA) is 49.7 Å². The first-order chi connectivity index (χ1) is 17.0. The van der Waals surface area contributed by atoms with Crippen molar-refractivity contribution in [3.8, 4) is 5.75 Å². The van der Waals surface area contributed by atoms with E-state index in [1.807, 2.05) is 60.7 Å². The molecule has 0 fully saturated rings. The molecule has 0 aliphatic rings. The van der Waals surface area contributed by atoms with E-state index in [0.717, 1.165) is 22.3 Å². The molecule has 3 rings (SSSR count). The molecule has 3 nitrogen and oxygen atoms in total. The zero-order valence-electron chi connectivity index (χ0n) is 25.6. The monoisotopic (exact) mass is 536 g/mol. The van der Waals surface area contributed by atoms with Gasteiger partial charge in [0.1, 0.15) is 0 Å². The summed E-state index contributed by atoms with van der Waals surface area (Å²) >= 11 is 0. The van der Waals surface area contributed by atoms with Crippen LogP contribution in [0.2, 0.25) is 0 Å². The third kappa shape index (κ3) is 6.17. The van der Waals surface area contributed by atoms with Gasteiger partial charge in [0.15, 0.2) is 0 Å². The molecule has 0 amide bonds. The Bertz CT molecular complexity index is 1270. The number of hydrogen-bond acceptors (Lipinski definition) is 3. The van der Waals surface area contributed by atoms with Crippen LogP contribution in [0, 0.1) is 0 Å². The Morgan fingerprint density at radius 3 is 1.29 bits per heavy atom. The van der Waals surface area contributed by atoms with Crippen LogP contribution in [0.1, 0.15) is 105 Å². The van der Waals surface area contributed by atoms with Crippen LogP contribution in [-0.2, 0) is 21.7 Å². The van der Waals surface area contributed by atoms with Crippen LogP contribution in [0.4, 0.5) is 0 Å². The summed E-state index contributed by atoms with van der Waals surface area (Å²) in [5, 5.41) is 0.831. The van der Waals surface area contributed by atoms with Gasteiger partial charge in [0.05, 0.1) is 0 Å². The van der Waals surface area contributed by atoms with Crippen LogP contribution < -0.4 is 15.1 Å². The number of hydrogen-bond donors (Lipinski definition) is 2. The summed E-state index contributed by atoms with van der Waals surface area (Å²) in [7, 11) is -5.14. The van der Waals surface area contributed by atoms with Gasteiger partial charge < -0.3 is 0 Å². The Morgan fingerprint density at radius 1 is 0.500 bits per heavy atom. The third-order valence-corrected chi connectivity index (χ3v) is 10.3. The molecule has 2 N–H and O–H groups in total. The molecule has 208 valence electrons. The van der Waals surface area contributed by atoms with Crippen LogP contribution in [-0.4, -0.2) is 9.79 Å². The first-order valence-corrected chi connectivity index (χ1v) is 15.7. The van der Waals surface area contributed by atoms with Gasteiger partial charge >= 0.3 is 232 Å². The van der Waals surface area contributed by atoms with Gasteiger partial charge in [0.25, 0.3) is 0 Å². The number of benzene rings is 3. The predicted molar refractivity (Wildman–Crippen MR) is 165 cm³/mol. The van der Waals surface area contributed by atoms with Crippen LogP contribution >= 0.6 is 7.28 Å². The van der Waals surface area contributed by atoms with Crippen molar-refractivity contribution in [2.75, 3.05) is 0 Å². The third-order valence-electron chi connectivity index (χ3n) is 7.30. The van der Waals surface area contributed by atoms with Gasteiger partial charge in [-0.15, -0.1) is 0 Å². The van der Waals surface area contributed by atoms with E-state index in [1.165, 1.54) is 0 Å². The summed E-state index contributed by atoms with van der Waals surface area (Å²) in [5.41, 5.74) is 3.77. The standard InChI is InChI=1S/C34H49O3P/c1-31(2,3)24-13-18-27(19-14-24)37-38(35,36,28-20-15-25(16-21-28)32(4,5)6)30-22-17-26(33(7,8)9)23-29(30)34(10,11)12/h13-23,35-36H,1-12H3. The molecule has 0 spiro atoms. The second kappa shape index (κ2) is 9.47. The molecule has 0 aliphatic carbocycles. The molecule has 0 saturated carbocycles. The summed E-state index contributed by atoms with van der Waals surface area (Å²) in [6, 6.07) is 21.3. The fourth-order valence-corrected chi connectivity index (χ4v) is 7.51. The predicted octanol–water partition coefficient (Wildman–Crippen LogP) is 8.19. The zero-order chi connectivity index (χ0) is 29.0. The van der Waals surface area contributed by atoms with Crippen molar-refractivity contribution in [2.24, 2.45) is 0 Å². The summed E-state index contributed by atoms with van der Waals surface area (Å²) in [6.07, 6.45) is 0. The van der Waals surface area contributed by atoms with Gasteiger partial charge in [-0.25, -0.2) is 0 Å². The maximum atomic E-state index is 12.7. The van der Waals surface area contributed by atoms with Crippen molar-refractivity contribution in [1.82, 2.24) is 0 Å². The maximum absolute atomic E-state index is 12.7. The molecule has 38 heavy (non-hydrogen) atoms.